The van der Waals surface area contributed by atoms with E-state index in [0.29, 0.717) is 30.8 Å². The minimum Gasteiger partial charge on any atom is -0.307 e. The van der Waals surface area contributed by atoms with Gasteiger partial charge in [-0.15, -0.1) is 0 Å². The molecule has 2 unspecified atom stereocenters. The van der Waals surface area contributed by atoms with Gasteiger partial charge in [-0.1, -0.05) is 77.9 Å². The van der Waals surface area contributed by atoms with Crippen LogP contribution >= 0.6 is 0 Å². The predicted molar refractivity (Wildman–Crippen MR) is 164 cm³/mol. The number of hydrogen-bond acceptors (Lipinski definition) is 3. The molecule has 0 aliphatic heterocycles. The molecule has 1 saturated carbocycles. The van der Waals surface area contributed by atoms with Gasteiger partial charge in [0.1, 0.15) is 5.78 Å². The Hall–Kier alpha value is -4.25. The van der Waals surface area contributed by atoms with Gasteiger partial charge in [0, 0.05) is 30.8 Å². The van der Waals surface area contributed by atoms with E-state index in [1.165, 1.54) is 35.1 Å². The quantitative estimate of drug-likeness (QED) is 0.190. The van der Waals surface area contributed by atoms with Gasteiger partial charge in [0.05, 0.1) is 17.1 Å². The first kappa shape index (κ1) is 26.9. The second kappa shape index (κ2) is 11.7. The lowest BCUT2D eigenvalue weighted by molar-refractivity contribution is -0.118. The molecule has 2 atom stereocenters. The molecular weight excluding hydrogens is 504 g/mol. The van der Waals surface area contributed by atoms with Gasteiger partial charge in [0.15, 0.2) is 0 Å². The molecule has 0 radical (unpaired) electrons. The van der Waals surface area contributed by atoms with Gasteiger partial charge >= 0.3 is 0 Å². The molecule has 2 aromatic heterocycles. The minimum absolute atomic E-state index is 0.0260. The van der Waals surface area contributed by atoms with Crippen molar-refractivity contribution in [2.75, 3.05) is 0 Å². The second-order valence-electron chi connectivity index (χ2n) is 11.7. The summed E-state index contributed by atoms with van der Waals surface area (Å²) in [6.07, 6.45) is 6.32. The van der Waals surface area contributed by atoms with Gasteiger partial charge in [-0.3, -0.25) is 15.2 Å². The maximum Gasteiger partial charge on any atom is 0.203 e. The number of nitrogens with one attached hydrogen (secondary N) is 1. The van der Waals surface area contributed by atoms with Crippen molar-refractivity contribution in [1.82, 2.24) is 14.1 Å². The molecule has 1 fully saturated rings. The lowest BCUT2D eigenvalue weighted by atomic mass is 9.98. The SMILES string of the molecule is Cc1ccc(CC(CCC(=O)Cc2ccccn2)n2c(=N)n(C(c3ccc(C)cc3)C3CC3)c3ccccc32)cc1. The van der Waals surface area contributed by atoms with Crippen LogP contribution in [0.3, 0.4) is 0 Å². The van der Waals surface area contributed by atoms with Crippen LogP contribution in [0.25, 0.3) is 11.0 Å². The number of fused-ring (bicyclic) bond motifs is 1. The summed E-state index contributed by atoms with van der Waals surface area (Å²) in [5.41, 5.74) is 8.43. The third-order valence-corrected chi connectivity index (χ3v) is 8.44. The number of carbonyl (C=O) groups excluding carboxylic acids is 1. The number of aryl methyl sites for hydroxylation is 2. The highest BCUT2D eigenvalue weighted by molar-refractivity contribution is 5.80. The van der Waals surface area contributed by atoms with E-state index in [2.05, 4.69) is 101 Å². The molecule has 0 spiro atoms. The number of aromatic nitrogens is 3. The van der Waals surface area contributed by atoms with Gasteiger partial charge in [-0.25, -0.2) is 0 Å². The molecule has 0 bridgehead atoms. The van der Waals surface area contributed by atoms with E-state index in [0.717, 1.165) is 23.1 Å². The molecule has 6 rings (SSSR count). The summed E-state index contributed by atoms with van der Waals surface area (Å²) in [4.78, 5) is 17.5. The van der Waals surface area contributed by atoms with Crippen molar-refractivity contribution in [1.29, 1.82) is 5.41 Å². The zero-order valence-corrected chi connectivity index (χ0v) is 24.0. The zero-order valence-electron chi connectivity index (χ0n) is 24.0. The average Bonchev–Trinajstić information content (AvgIpc) is 3.78. The molecule has 3 aromatic carbocycles. The fraction of sp³-hybridized carbons (Fsp3) is 0.306. The van der Waals surface area contributed by atoms with Crippen LogP contribution < -0.4 is 5.62 Å². The number of rotatable bonds is 11. The van der Waals surface area contributed by atoms with E-state index >= 15 is 0 Å². The highest BCUT2D eigenvalue weighted by atomic mass is 16.1. The fourth-order valence-corrected chi connectivity index (χ4v) is 6.11. The van der Waals surface area contributed by atoms with Crippen molar-refractivity contribution < 1.29 is 4.79 Å². The lowest BCUT2D eigenvalue weighted by Crippen LogP contribution is -2.32. The Labute approximate surface area is 242 Å². The first-order valence-corrected chi connectivity index (χ1v) is 14.8. The molecule has 5 heteroatoms. The molecule has 0 saturated heterocycles. The number of pyridine rings is 1. The highest BCUT2D eigenvalue weighted by Crippen LogP contribution is 2.44. The molecule has 2 heterocycles. The molecule has 5 aromatic rings. The van der Waals surface area contributed by atoms with Crippen molar-refractivity contribution in [2.45, 2.75) is 64.5 Å². The van der Waals surface area contributed by atoms with Crippen LogP contribution in [-0.4, -0.2) is 19.9 Å². The number of hydrogen-bond donors (Lipinski definition) is 1. The maximum atomic E-state index is 13.1. The normalized spacial score (nSPS) is 14.7. The van der Waals surface area contributed by atoms with E-state index in [9.17, 15) is 10.2 Å². The largest absolute Gasteiger partial charge is 0.307 e. The Balaban J connectivity index is 1.40. The molecule has 1 aliphatic rings. The van der Waals surface area contributed by atoms with Crippen LogP contribution in [0.1, 0.15) is 65.7 Å². The van der Waals surface area contributed by atoms with Crippen molar-refractivity contribution >= 4 is 16.8 Å². The third-order valence-electron chi connectivity index (χ3n) is 8.44. The topological polar surface area (TPSA) is 63.7 Å². The summed E-state index contributed by atoms with van der Waals surface area (Å²) < 4.78 is 4.46. The van der Waals surface area contributed by atoms with Gasteiger partial charge in [0.25, 0.3) is 0 Å². The number of Topliss-reactive ketones (excluding diaryl/α,β-unsaturated/α-hetero) is 1. The smallest absolute Gasteiger partial charge is 0.203 e. The van der Waals surface area contributed by atoms with Crippen molar-refractivity contribution in [3.05, 3.63) is 131 Å². The standard InChI is InChI=1S/C36H38N4O/c1-25-10-14-27(15-11-25)23-31(20-21-32(41)24-30-7-5-6-22-38-30)39-33-8-3-4-9-34(33)40(36(39)37)35(29-18-19-29)28-16-12-26(2)13-17-28/h3-17,22,29,31,35,37H,18-21,23-24H2,1-2H3. The van der Waals surface area contributed by atoms with Crippen molar-refractivity contribution in [3.8, 4) is 0 Å². The Morgan fingerprint density at radius 1 is 0.854 bits per heavy atom. The van der Waals surface area contributed by atoms with Crippen LogP contribution in [0, 0.1) is 25.2 Å². The minimum atomic E-state index is -0.0260. The fourth-order valence-electron chi connectivity index (χ4n) is 6.11. The number of carbonyl (C=O) groups is 1. The molecule has 1 aliphatic carbocycles. The molecule has 1 N–H and O–H groups in total. The van der Waals surface area contributed by atoms with Crippen molar-refractivity contribution in [3.63, 3.8) is 0 Å². The highest BCUT2D eigenvalue weighted by Gasteiger charge is 2.36. The molecule has 0 amide bonds. The van der Waals surface area contributed by atoms with E-state index in [1.807, 2.05) is 18.2 Å². The summed E-state index contributed by atoms with van der Waals surface area (Å²) >= 11 is 0. The zero-order chi connectivity index (χ0) is 28.3. The van der Waals surface area contributed by atoms with Crippen LogP contribution in [-0.2, 0) is 17.6 Å². The maximum absolute atomic E-state index is 13.1. The van der Waals surface area contributed by atoms with E-state index in [4.69, 9.17) is 0 Å². The van der Waals surface area contributed by atoms with Crippen LogP contribution in [0.15, 0.2) is 97.2 Å². The molecule has 5 nitrogen and oxygen atoms in total. The number of imidazole rings is 1. The second-order valence-corrected chi connectivity index (χ2v) is 11.7. The van der Waals surface area contributed by atoms with Crippen LogP contribution in [0.4, 0.5) is 0 Å². The molecule has 41 heavy (non-hydrogen) atoms. The lowest BCUT2D eigenvalue weighted by Gasteiger charge is -2.22. The van der Waals surface area contributed by atoms with Crippen LogP contribution in [0.5, 0.6) is 0 Å². The van der Waals surface area contributed by atoms with Gasteiger partial charge in [-0.2, -0.15) is 0 Å². The Bertz CT molecular complexity index is 1690. The first-order chi connectivity index (χ1) is 20.0. The Morgan fingerprint density at radius 3 is 2.12 bits per heavy atom. The summed E-state index contributed by atoms with van der Waals surface area (Å²) in [5.74, 6) is 0.713. The monoisotopic (exact) mass is 542 g/mol. The Kier molecular flexibility index (Phi) is 7.69. The van der Waals surface area contributed by atoms with E-state index < -0.39 is 0 Å². The number of benzene rings is 3. The van der Waals surface area contributed by atoms with Gasteiger partial charge in [0.2, 0.25) is 5.62 Å². The summed E-state index contributed by atoms with van der Waals surface area (Å²) in [6.45, 7) is 4.22. The summed E-state index contributed by atoms with van der Waals surface area (Å²) in [5, 5.41) is 9.64. The Morgan fingerprint density at radius 2 is 1.49 bits per heavy atom. The van der Waals surface area contributed by atoms with E-state index in [-0.39, 0.29) is 17.9 Å². The molecule has 208 valence electrons. The van der Waals surface area contributed by atoms with Gasteiger partial charge < -0.3 is 9.13 Å². The average molecular weight is 543 g/mol. The number of ketones is 1. The third kappa shape index (κ3) is 5.95. The van der Waals surface area contributed by atoms with Gasteiger partial charge in [-0.05, 0) is 80.8 Å². The predicted octanol–water partition coefficient (Wildman–Crippen LogP) is 7.31. The summed E-state index contributed by atoms with van der Waals surface area (Å²) in [6, 6.07) is 31.7. The number of nitrogens with zero attached hydrogens (tertiary/aromatic N) is 3. The van der Waals surface area contributed by atoms with Crippen molar-refractivity contribution in [2.24, 2.45) is 5.92 Å². The summed E-state index contributed by atoms with van der Waals surface area (Å²) in [7, 11) is 0. The molecular formula is C36H38N4O. The first-order valence-electron chi connectivity index (χ1n) is 14.8. The van der Waals surface area contributed by atoms with Crippen LogP contribution in [0.2, 0.25) is 0 Å². The van der Waals surface area contributed by atoms with E-state index in [1.54, 1.807) is 6.20 Å². The number of para-hydroxylation sites is 2.